The number of carboxylic acid groups (broad SMARTS) is 1. The Labute approximate surface area is 169 Å². The lowest BCUT2D eigenvalue weighted by Gasteiger charge is -2.22. The summed E-state index contributed by atoms with van der Waals surface area (Å²) in [6, 6.07) is 4.93. The topological polar surface area (TPSA) is 163 Å². The zero-order valence-electron chi connectivity index (χ0n) is 16.5. The molecule has 0 saturated heterocycles. The van der Waals surface area contributed by atoms with Gasteiger partial charge < -0.3 is 32.2 Å². The van der Waals surface area contributed by atoms with Gasteiger partial charge in [0, 0.05) is 17.1 Å². The van der Waals surface area contributed by atoms with Crippen LogP contribution in [0.1, 0.15) is 31.7 Å². The standard InChI is InChI=1S/C20H29N5O4/c1-12(20(28)29)24-19(27)17(8-4-5-9-21)25-18(26)15(22)10-13-11-23-16-7-3-2-6-14(13)16/h2-3,6-7,11-12,15,17,23H,4-5,8-10,21-22H2,1H3,(H,24,27)(H,25,26)(H,28,29). The molecule has 0 aliphatic carbocycles. The second kappa shape index (κ2) is 10.6. The number of aromatic amines is 1. The van der Waals surface area contributed by atoms with Gasteiger partial charge in [0.2, 0.25) is 11.8 Å². The highest BCUT2D eigenvalue weighted by atomic mass is 16.4. The number of aromatic nitrogens is 1. The van der Waals surface area contributed by atoms with Gasteiger partial charge in [0.25, 0.3) is 0 Å². The van der Waals surface area contributed by atoms with Crippen LogP contribution in [0.25, 0.3) is 10.9 Å². The molecule has 1 aromatic carbocycles. The van der Waals surface area contributed by atoms with Gasteiger partial charge in [0.05, 0.1) is 6.04 Å². The number of nitrogens with one attached hydrogen (secondary N) is 3. The van der Waals surface area contributed by atoms with Crippen molar-refractivity contribution in [2.45, 2.75) is 50.7 Å². The fraction of sp³-hybridized carbons (Fsp3) is 0.450. The van der Waals surface area contributed by atoms with Crippen molar-refractivity contribution in [1.29, 1.82) is 0 Å². The number of rotatable bonds is 11. The Balaban J connectivity index is 2.02. The van der Waals surface area contributed by atoms with Crippen LogP contribution in [0.5, 0.6) is 0 Å². The summed E-state index contributed by atoms with van der Waals surface area (Å²) in [5, 5.41) is 15.0. The average Bonchev–Trinajstić information content (AvgIpc) is 3.09. The van der Waals surface area contributed by atoms with Crippen molar-refractivity contribution in [1.82, 2.24) is 15.6 Å². The van der Waals surface area contributed by atoms with Crippen LogP contribution in [0.2, 0.25) is 0 Å². The molecule has 2 rings (SSSR count). The zero-order valence-corrected chi connectivity index (χ0v) is 16.5. The number of H-pyrrole nitrogens is 1. The van der Waals surface area contributed by atoms with Gasteiger partial charge in [-0.25, -0.2) is 0 Å². The Bertz CT molecular complexity index is 850. The number of carboxylic acids is 1. The lowest BCUT2D eigenvalue weighted by Crippen LogP contribution is -2.54. The normalized spacial score (nSPS) is 14.2. The van der Waals surface area contributed by atoms with Crippen LogP contribution in [0.15, 0.2) is 30.5 Å². The van der Waals surface area contributed by atoms with Crippen LogP contribution in [0.4, 0.5) is 0 Å². The number of aliphatic carboxylic acids is 1. The monoisotopic (exact) mass is 403 g/mol. The van der Waals surface area contributed by atoms with Crippen molar-refractivity contribution in [3.05, 3.63) is 36.0 Å². The van der Waals surface area contributed by atoms with Crippen molar-refractivity contribution in [2.24, 2.45) is 11.5 Å². The molecule has 8 N–H and O–H groups in total. The molecule has 9 nitrogen and oxygen atoms in total. The molecule has 2 amide bonds. The van der Waals surface area contributed by atoms with Crippen molar-refractivity contribution in [3.8, 4) is 0 Å². The van der Waals surface area contributed by atoms with Gasteiger partial charge in [-0.3, -0.25) is 14.4 Å². The van der Waals surface area contributed by atoms with E-state index in [9.17, 15) is 14.4 Å². The molecule has 3 atom stereocenters. The molecular formula is C20H29N5O4. The van der Waals surface area contributed by atoms with E-state index in [4.69, 9.17) is 16.6 Å². The summed E-state index contributed by atoms with van der Waals surface area (Å²) in [7, 11) is 0. The number of benzene rings is 1. The van der Waals surface area contributed by atoms with E-state index in [1.807, 2.05) is 30.5 Å². The first-order valence-corrected chi connectivity index (χ1v) is 9.67. The molecule has 0 aliphatic rings. The van der Waals surface area contributed by atoms with Crippen LogP contribution in [0, 0.1) is 0 Å². The predicted molar refractivity (Wildman–Crippen MR) is 110 cm³/mol. The number of hydrogen-bond donors (Lipinski definition) is 6. The number of hydrogen-bond acceptors (Lipinski definition) is 5. The molecule has 9 heteroatoms. The van der Waals surface area contributed by atoms with Crippen LogP contribution in [0.3, 0.4) is 0 Å². The Morgan fingerprint density at radius 2 is 1.86 bits per heavy atom. The summed E-state index contributed by atoms with van der Waals surface area (Å²) < 4.78 is 0. The summed E-state index contributed by atoms with van der Waals surface area (Å²) in [5.41, 5.74) is 13.4. The number of unbranched alkanes of at least 4 members (excludes halogenated alkanes) is 1. The number of para-hydroxylation sites is 1. The predicted octanol–water partition coefficient (Wildman–Crippen LogP) is 0.241. The summed E-state index contributed by atoms with van der Waals surface area (Å²) in [6.45, 7) is 1.83. The SMILES string of the molecule is CC(NC(=O)C(CCCCN)NC(=O)C(N)Cc1c[nH]c2ccccc12)C(=O)O. The van der Waals surface area contributed by atoms with E-state index >= 15 is 0 Å². The molecule has 2 aromatic rings. The minimum atomic E-state index is -1.15. The van der Waals surface area contributed by atoms with Gasteiger partial charge in [0.15, 0.2) is 0 Å². The average molecular weight is 403 g/mol. The number of carbonyl (C=O) groups excluding carboxylic acids is 2. The van der Waals surface area contributed by atoms with E-state index in [2.05, 4.69) is 15.6 Å². The van der Waals surface area contributed by atoms with E-state index in [1.54, 1.807) is 0 Å². The molecule has 0 aliphatic heterocycles. The summed E-state index contributed by atoms with van der Waals surface area (Å²) in [4.78, 5) is 39.2. The van der Waals surface area contributed by atoms with E-state index < -0.39 is 35.9 Å². The van der Waals surface area contributed by atoms with Crippen molar-refractivity contribution in [3.63, 3.8) is 0 Å². The lowest BCUT2D eigenvalue weighted by atomic mass is 10.0. The summed E-state index contributed by atoms with van der Waals surface area (Å²) >= 11 is 0. The molecule has 0 fully saturated rings. The van der Waals surface area contributed by atoms with Crippen LogP contribution < -0.4 is 22.1 Å². The van der Waals surface area contributed by atoms with Crippen LogP contribution in [-0.4, -0.2) is 52.5 Å². The van der Waals surface area contributed by atoms with Crippen molar-refractivity contribution in [2.75, 3.05) is 6.54 Å². The molecular weight excluding hydrogens is 374 g/mol. The van der Waals surface area contributed by atoms with Crippen molar-refractivity contribution >= 4 is 28.7 Å². The number of fused-ring (bicyclic) bond motifs is 1. The Morgan fingerprint density at radius 1 is 1.14 bits per heavy atom. The highest BCUT2D eigenvalue weighted by Crippen LogP contribution is 2.18. The van der Waals surface area contributed by atoms with E-state index in [0.717, 1.165) is 16.5 Å². The molecule has 158 valence electrons. The smallest absolute Gasteiger partial charge is 0.325 e. The van der Waals surface area contributed by atoms with Gasteiger partial charge in [0.1, 0.15) is 12.1 Å². The van der Waals surface area contributed by atoms with E-state index in [1.165, 1.54) is 6.92 Å². The first-order valence-electron chi connectivity index (χ1n) is 9.67. The van der Waals surface area contributed by atoms with Crippen molar-refractivity contribution < 1.29 is 19.5 Å². The van der Waals surface area contributed by atoms with Gasteiger partial charge in [-0.15, -0.1) is 0 Å². The minimum Gasteiger partial charge on any atom is -0.480 e. The largest absolute Gasteiger partial charge is 0.480 e. The molecule has 0 saturated carbocycles. The van der Waals surface area contributed by atoms with Gasteiger partial charge >= 0.3 is 5.97 Å². The highest BCUT2D eigenvalue weighted by Gasteiger charge is 2.26. The fourth-order valence-corrected chi connectivity index (χ4v) is 3.05. The molecule has 0 bridgehead atoms. The zero-order chi connectivity index (χ0) is 21.4. The molecule has 0 spiro atoms. The lowest BCUT2D eigenvalue weighted by molar-refractivity contribution is -0.141. The molecule has 3 unspecified atom stereocenters. The second-order valence-electron chi connectivity index (χ2n) is 7.08. The van der Waals surface area contributed by atoms with Gasteiger partial charge in [-0.1, -0.05) is 18.2 Å². The van der Waals surface area contributed by atoms with E-state index in [-0.39, 0.29) is 0 Å². The van der Waals surface area contributed by atoms with Gasteiger partial charge in [-0.05, 0) is 50.8 Å². The number of amides is 2. The minimum absolute atomic E-state index is 0.304. The molecule has 0 radical (unpaired) electrons. The first-order chi connectivity index (χ1) is 13.8. The molecule has 1 aromatic heterocycles. The maximum atomic E-state index is 12.6. The first kappa shape index (κ1) is 22.4. The maximum absolute atomic E-state index is 12.6. The fourth-order valence-electron chi connectivity index (χ4n) is 3.05. The Kier molecular flexibility index (Phi) is 8.17. The molecule has 1 heterocycles. The highest BCUT2D eigenvalue weighted by molar-refractivity contribution is 5.92. The Hall–Kier alpha value is -2.91. The summed E-state index contributed by atoms with van der Waals surface area (Å²) in [5.74, 6) is -2.17. The third kappa shape index (κ3) is 6.30. The third-order valence-electron chi connectivity index (χ3n) is 4.76. The third-order valence-corrected chi connectivity index (χ3v) is 4.76. The maximum Gasteiger partial charge on any atom is 0.325 e. The second-order valence-corrected chi connectivity index (χ2v) is 7.08. The van der Waals surface area contributed by atoms with E-state index in [0.29, 0.717) is 32.2 Å². The summed E-state index contributed by atoms with van der Waals surface area (Å²) in [6.07, 6.45) is 3.78. The van der Waals surface area contributed by atoms with Crippen LogP contribution >= 0.6 is 0 Å². The van der Waals surface area contributed by atoms with Gasteiger partial charge in [-0.2, -0.15) is 0 Å². The quantitative estimate of drug-likeness (QED) is 0.294. The Morgan fingerprint density at radius 3 is 2.55 bits per heavy atom. The molecule has 29 heavy (non-hydrogen) atoms. The van der Waals surface area contributed by atoms with Crippen LogP contribution in [-0.2, 0) is 20.8 Å². The number of nitrogens with two attached hydrogens (primary N) is 2. The number of carbonyl (C=O) groups is 3.